The molecule has 208 valence electrons. The van der Waals surface area contributed by atoms with Crippen molar-refractivity contribution in [3.05, 3.63) is 88.7 Å². The van der Waals surface area contributed by atoms with Crippen LogP contribution in [0.25, 0.3) is 11.1 Å². The van der Waals surface area contributed by atoms with Crippen LogP contribution in [0.3, 0.4) is 0 Å². The number of nitrogens with one attached hydrogen (secondary N) is 2. The summed E-state index contributed by atoms with van der Waals surface area (Å²) in [5, 5.41) is 17.0. The molecule has 9 heteroatoms. The van der Waals surface area contributed by atoms with Gasteiger partial charge < -0.3 is 25.2 Å². The summed E-state index contributed by atoms with van der Waals surface area (Å²) >= 11 is 5.68. The lowest BCUT2D eigenvalue weighted by atomic mass is 9.60. The Balaban J connectivity index is 1.03. The van der Waals surface area contributed by atoms with Crippen LogP contribution in [0.1, 0.15) is 49.1 Å². The highest BCUT2D eigenvalue weighted by Gasteiger charge is 2.55. The molecule has 3 aromatic carbocycles. The normalized spacial score (nSPS) is 24.6. The van der Waals surface area contributed by atoms with Gasteiger partial charge in [-0.25, -0.2) is 9.18 Å². The van der Waals surface area contributed by atoms with Crippen molar-refractivity contribution in [1.29, 1.82) is 0 Å². The number of amides is 2. The first-order valence-corrected chi connectivity index (χ1v) is 13.9. The van der Waals surface area contributed by atoms with Crippen molar-refractivity contribution in [2.24, 2.45) is 0 Å². The second-order valence-electron chi connectivity index (χ2n) is 11.0. The van der Waals surface area contributed by atoms with E-state index in [1.54, 1.807) is 0 Å². The van der Waals surface area contributed by atoms with E-state index in [9.17, 15) is 19.1 Å². The number of ether oxygens (including phenoxy) is 2. The monoisotopic (exact) mass is 564 g/mol. The zero-order valence-corrected chi connectivity index (χ0v) is 22.5. The predicted molar refractivity (Wildman–Crippen MR) is 148 cm³/mol. The second kappa shape index (κ2) is 10.4. The van der Waals surface area contributed by atoms with E-state index in [2.05, 4.69) is 34.9 Å². The molecule has 0 aliphatic heterocycles. The average Bonchev–Trinajstić information content (AvgIpc) is 3.27. The van der Waals surface area contributed by atoms with Crippen LogP contribution in [0.15, 0.2) is 66.7 Å². The van der Waals surface area contributed by atoms with Gasteiger partial charge in [0.2, 0.25) is 0 Å². The number of halogens is 2. The van der Waals surface area contributed by atoms with E-state index in [0.29, 0.717) is 32.1 Å². The van der Waals surface area contributed by atoms with Gasteiger partial charge in [0.15, 0.2) is 6.61 Å². The Labute approximate surface area is 236 Å². The fourth-order valence-electron chi connectivity index (χ4n) is 6.54. The van der Waals surface area contributed by atoms with Crippen molar-refractivity contribution < 1.29 is 28.6 Å². The Morgan fingerprint density at radius 3 is 2.23 bits per heavy atom. The van der Waals surface area contributed by atoms with Gasteiger partial charge in [-0.1, -0.05) is 60.1 Å². The van der Waals surface area contributed by atoms with Crippen molar-refractivity contribution in [2.45, 2.75) is 55.2 Å². The fraction of sp³-hybridized carbons (Fsp3) is 0.355. The number of fused-ring (bicyclic) bond motifs is 6. The smallest absolute Gasteiger partial charge is 0.407 e. The van der Waals surface area contributed by atoms with E-state index < -0.39 is 35.0 Å². The molecule has 3 aromatic rings. The molecule has 0 saturated heterocycles. The maximum absolute atomic E-state index is 13.6. The van der Waals surface area contributed by atoms with Crippen LogP contribution in [0.4, 0.5) is 9.18 Å². The first-order chi connectivity index (χ1) is 19.3. The minimum absolute atomic E-state index is 0.0293. The number of hydrogen-bond donors (Lipinski definition) is 3. The predicted octanol–water partition coefficient (Wildman–Crippen LogP) is 5.33. The number of alkyl carbamates (subject to hydrolysis) is 1. The molecule has 0 unspecified atom stereocenters. The molecule has 0 aromatic heterocycles. The van der Waals surface area contributed by atoms with E-state index in [1.807, 2.05) is 24.3 Å². The zero-order valence-electron chi connectivity index (χ0n) is 21.8. The van der Waals surface area contributed by atoms with Crippen LogP contribution < -0.4 is 15.4 Å². The summed E-state index contributed by atoms with van der Waals surface area (Å²) in [4.78, 5) is 25.6. The summed E-state index contributed by atoms with van der Waals surface area (Å²) in [7, 11) is 0. The number of rotatable bonds is 7. The molecule has 2 amide bonds. The minimum atomic E-state index is -0.846. The van der Waals surface area contributed by atoms with Crippen LogP contribution in [-0.2, 0) is 9.53 Å². The number of carbonyl (C=O) groups is 2. The third-order valence-electron chi connectivity index (χ3n) is 8.68. The Hall–Kier alpha value is -3.62. The second-order valence-corrected chi connectivity index (χ2v) is 11.4. The largest absolute Gasteiger partial charge is 0.484 e. The van der Waals surface area contributed by atoms with Gasteiger partial charge in [0.1, 0.15) is 18.2 Å². The first-order valence-electron chi connectivity index (χ1n) is 13.5. The van der Waals surface area contributed by atoms with Crippen LogP contribution in [-0.4, -0.2) is 47.5 Å². The van der Waals surface area contributed by atoms with E-state index in [0.717, 1.165) is 28.3 Å². The van der Waals surface area contributed by atoms with Gasteiger partial charge in [-0.15, -0.1) is 0 Å². The Morgan fingerprint density at radius 2 is 1.60 bits per heavy atom. The van der Waals surface area contributed by atoms with Gasteiger partial charge in [0, 0.05) is 17.5 Å². The summed E-state index contributed by atoms with van der Waals surface area (Å²) in [5.74, 6) is -0.885. The maximum Gasteiger partial charge on any atom is 0.407 e. The van der Waals surface area contributed by atoms with Crippen LogP contribution in [0.5, 0.6) is 5.75 Å². The molecule has 1 atom stereocenters. The van der Waals surface area contributed by atoms with E-state index in [1.165, 1.54) is 12.1 Å². The Morgan fingerprint density at radius 1 is 0.950 bits per heavy atom. The van der Waals surface area contributed by atoms with Gasteiger partial charge in [-0.2, -0.15) is 0 Å². The quantitative estimate of drug-likeness (QED) is 0.360. The van der Waals surface area contributed by atoms with Crippen LogP contribution in [0, 0.1) is 5.82 Å². The summed E-state index contributed by atoms with van der Waals surface area (Å²) in [6, 6.07) is 20.3. The number of aliphatic hydroxyl groups excluding tert-OH is 1. The van der Waals surface area contributed by atoms with Crippen LogP contribution >= 0.6 is 11.6 Å². The third-order valence-corrected chi connectivity index (χ3v) is 8.99. The highest BCUT2D eigenvalue weighted by atomic mass is 35.5. The molecule has 40 heavy (non-hydrogen) atoms. The molecule has 0 radical (unpaired) electrons. The SMILES string of the molecule is O=C(COc1ccc(Cl)c(F)c1)NC12CCC(NC(=O)OCC3c4ccccc4-c4ccccc43)(CC1)C[C@@H]2O. The topological polar surface area (TPSA) is 96.9 Å². The molecule has 3 N–H and O–H groups in total. The first kappa shape index (κ1) is 26.6. The summed E-state index contributed by atoms with van der Waals surface area (Å²) in [6.45, 7) is -0.102. The van der Waals surface area contributed by atoms with Crippen LogP contribution in [0.2, 0.25) is 5.02 Å². The zero-order chi connectivity index (χ0) is 27.9. The summed E-state index contributed by atoms with van der Waals surface area (Å²) < 4.78 is 24.8. The molecule has 0 heterocycles. The molecule has 7 rings (SSSR count). The number of hydrogen-bond acceptors (Lipinski definition) is 5. The third kappa shape index (κ3) is 4.90. The van der Waals surface area contributed by atoms with Crippen molar-refractivity contribution >= 4 is 23.6 Å². The maximum atomic E-state index is 13.6. The number of carbonyl (C=O) groups excluding carboxylic acids is 2. The molecular formula is C31H30ClFN2O5. The van der Waals surface area contributed by atoms with Gasteiger partial charge in [-0.05, 0) is 66.5 Å². The summed E-state index contributed by atoms with van der Waals surface area (Å²) in [5.41, 5.74) is 3.23. The molecular weight excluding hydrogens is 535 g/mol. The molecule has 3 fully saturated rings. The molecule has 4 aliphatic rings. The van der Waals surface area contributed by atoms with Gasteiger partial charge in [0.05, 0.1) is 16.7 Å². The van der Waals surface area contributed by atoms with E-state index in [4.69, 9.17) is 21.1 Å². The molecule has 4 aliphatic carbocycles. The Bertz CT molecular complexity index is 1410. The molecule has 3 saturated carbocycles. The Kier molecular flexibility index (Phi) is 6.92. The molecule has 7 nitrogen and oxygen atoms in total. The number of aliphatic hydroxyl groups is 1. The minimum Gasteiger partial charge on any atom is -0.484 e. The highest BCUT2D eigenvalue weighted by molar-refractivity contribution is 6.30. The van der Waals surface area contributed by atoms with E-state index >= 15 is 0 Å². The lowest BCUT2D eigenvalue weighted by Crippen LogP contribution is -2.70. The highest BCUT2D eigenvalue weighted by Crippen LogP contribution is 2.47. The lowest BCUT2D eigenvalue weighted by molar-refractivity contribution is -0.132. The van der Waals surface area contributed by atoms with Gasteiger partial charge >= 0.3 is 6.09 Å². The van der Waals surface area contributed by atoms with Crippen molar-refractivity contribution in [2.75, 3.05) is 13.2 Å². The fourth-order valence-corrected chi connectivity index (χ4v) is 6.66. The molecule has 2 bridgehead atoms. The van der Waals surface area contributed by atoms with E-state index in [-0.39, 0.29) is 29.9 Å². The van der Waals surface area contributed by atoms with Crippen molar-refractivity contribution in [1.82, 2.24) is 10.6 Å². The standard InChI is InChI=1S/C31H30ClFN2O5/c32-25-10-9-19(15-26(25)33)39-18-28(37)34-31-13-11-30(12-14-31,16-27(31)36)35-29(38)40-17-24-22-7-3-1-5-20(22)21-6-2-4-8-23(21)24/h1-10,15,24,27,36H,11-14,16-18H2,(H,34,37)(H,35,38)/t27-,30?,31?/m0/s1. The van der Waals surface area contributed by atoms with Crippen molar-refractivity contribution in [3.8, 4) is 16.9 Å². The summed E-state index contributed by atoms with van der Waals surface area (Å²) in [6.07, 6.45) is 1.14. The number of benzene rings is 3. The lowest BCUT2D eigenvalue weighted by Gasteiger charge is -2.56. The average molecular weight is 565 g/mol. The van der Waals surface area contributed by atoms with Gasteiger partial charge in [0.25, 0.3) is 5.91 Å². The van der Waals surface area contributed by atoms with Gasteiger partial charge in [-0.3, -0.25) is 4.79 Å². The van der Waals surface area contributed by atoms with Crippen molar-refractivity contribution in [3.63, 3.8) is 0 Å². The molecule has 0 spiro atoms.